The largest absolute Gasteiger partial charge is 0.480 e. The van der Waals surface area contributed by atoms with E-state index in [1.165, 1.54) is 0 Å². The van der Waals surface area contributed by atoms with Gasteiger partial charge in [-0.25, -0.2) is 13.1 Å². The summed E-state index contributed by atoms with van der Waals surface area (Å²) in [5, 5.41) is 8.19. The number of rotatable bonds is 7. The highest BCUT2D eigenvalue weighted by Gasteiger charge is 2.25. The predicted octanol–water partition coefficient (Wildman–Crippen LogP) is 0.723. The highest BCUT2D eigenvalue weighted by atomic mass is 32.2. The first-order valence-electron chi connectivity index (χ1n) is 4.38. The number of unbranched alkanes of at least 4 members (excludes halogenated alkanes) is 1. The van der Waals surface area contributed by atoms with Crippen LogP contribution in [0.2, 0.25) is 0 Å². The molecule has 0 aromatic rings. The van der Waals surface area contributed by atoms with Gasteiger partial charge in [0.05, 0.1) is 0 Å². The lowest BCUT2D eigenvalue weighted by molar-refractivity contribution is -0.135. The molecular formula is C7H12F3NO4S. The second-order valence-electron chi connectivity index (χ2n) is 3.12. The molecule has 0 saturated carbocycles. The zero-order valence-corrected chi connectivity index (χ0v) is 9.07. The van der Waals surface area contributed by atoms with Crippen molar-refractivity contribution in [3.8, 4) is 0 Å². The molecular weight excluding hydrogens is 251 g/mol. The van der Waals surface area contributed by atoms with Crippen LogP contribution in [0.1, 0.15) is 19.3 Å². The van der Waals surface area contributed by atoms with Crippen LogP contribution < -0.4 is 4.72 Å². The summed E-state index contributed by atoms with van der Waals surface area (Å²) in [6.45, 7) is -0.189. The summed E-state index contributed by atoms with van der Waals surface area (Å²) in [6.07, 6.45) is -5.41. The Morgan fingerprint density at radius 2 is 1.81 bits per heavy atom. The molecule has 16 heavy (non-hydrogen) atoms. The maximum Gasteiger partial charge on any atom is 0.389 e. The minimum atomic E-state index is -4.25. The van der Waals surface area contributed by atoms with Gasteiger partial charge in [0.15, 0.2) is 5.75 Å². The van der Waals surface area contributed by atoms with Crippen LogP contribution in [0, 0.1) is 0 Å². The summed E-state index contributed by atoms with van der Waals surface area (Å²) in [5.74, 6) is -2.59. The van der Waals surface area contributed by atoms with Crippen LogP contribution in [0.15, 0.2) is 0 Å². The molecule has 0 saturated heterocycles. The van der Waals surface area contributed by atoms with E-state index in [1.54, 1.807) is 0 Å². The number of carboxylic acids is 1. The minimum Gasteiger partial charge on any atom is -0.480 e. The van der Waals surface area contributed by atoms with E-state index in [4.69, 9.17) is 5.11 Å². The Morgan fingerprint density at radius 1 is 1.25 bits per heavy atom. The SMILES string of the molecule is O=C(O)CS(=O)(=O)NCCCCC(F)(F)F. The van der Waals surface area contributed by atoms with Gasteiger partial charge in [0.25, 0.3) is 0 Å². The molecule has 2 N–H and O–H groups in total. The summed E-state index contributed by atoms with van der Waals surface area (Å²) in [6, 6.07) is 0. The van der Waals surface area contributed by atoms with Crippen molar-refractivity contribution in [1.82, 2.24) is 4.72 Å². The molecule has 0 aromatic heterocycles. The summed E-state index contributed by atoms with van der Waals surface area (Å²) in [7, 11) is -3.93. The van der Waals surface area contributed by atoms with Crippen LogP contribution in [0.3, 0.4) is 0 Å². The van der Waals surface area contributed by atoms with Crippen molar-refractivity contribution in [3.63, 3.8) is 0 Å². The topological polar surface area (TPSA) is 83.5 Å². The third kappa shape index (κ3) is 9.71. The number of carboxylic acid groups (broad SMARTS) is 1. The van der Waals surface area contributed by atoms with Gasteiger partial charge < -0.3 is 5.11 Å². The molecule has 0 radical (unpaired) electrons. The molecule has 0 aliphatic rings. The third-order valence-electron chi connectivity index (χ3n) is 1.52. The van der Waals surface area contributed by atoms with Crippen LogP contribution in [-0.2, 0) is 14.8 Å². The average molecular weight is 263 g/mol. The van der Waals surface area contributed by atoms with Crippen molar-refractivity contribution in [2.24, 2.45) is 0 Å². The Labute approximate surface area is 90.7 Å². The first kappa shape index (κ1) is 15.2. The maximum absolute atomic E-state index is 11.7. The lowest BCUT2D eigenvalue weighted by Gasteiger charge is -2.06. The first-order valence-corrected chi connectivity index (χ1v) is 6.03. The van der Waals surface area contributed by atoms with Gasteiger partial charge in [-0.1, -0.05) is 0 Å². The molecule has 0 rings (SSSR count). The van der Waals surface area contributed by atoms with E-state index in [0.29, 0.717) is 0 Å². The van der Waals surface area contributed by atoms with Crippen molar-refractivity contribution >= 4 is 16.0 Å². The fourth-order valence-corrected chi connectivity index (χ4v) is 1.77. The molecule has 96 valence electrons. The van der Waals surface area contributed by atoms with E-state index in [2.05, 4.69) is 0 Å². The second-order valence-corrected chi connectivity index (χ2v) is 4.93. The Bertz CT molecular complexity index is 325. The van der Waals surface area contributed by atoms with Crippen LogP contribution in [0.25, 0.3) is 0 Å². The number of nitrogens with one attached hydrogen (secondary N) is 1. The monoisotopic (exact) mass is 263 g/mol. The smallest absolute Gasteiger partial charge is 0.389 e. The van der Waals surface area contributed by atoms with Crippen molar-refractivity contribution < 1.29 is 31.5 Å². The Hall–Kier alpha value is -0.830. The highest BCUT2D eigenvalue weighted by Crippen LogP contribution is 2.21. The summed E-state index contributed by atoms with van der Waals surface area (Å²) < 4.78 is 58.7. The Morgan fingerprint density at radius 3 is 2.25 bits per heavy atom. The van der Waals surface area contributed by atoms with Crippen LogP contribution in [-0.4, -0.2) is 38.0 Å². The van der Waals surface area contributed by atoms with Crippen LogP contribution in [0.5, 0.6) is 0 Å². The van der Waals surface area contributed by atoms with E-state index < -0.39 is 34.3 Å². The first-order chi connectivity index (χ1) is 7.12. The fraction of sp³-hybridized carbons (Fsp3) is 0.857. The summed E-state index contributed by atoms with van der Waals surface area (Å²) in [4.78, 5) is 10.1. The van der Waals surface area contributed by atoms with Gasteiger partial charge in [0, 0.05) is 13.0 Å². The van der Waals surface area contributed by atoms with E-state index in [0.717, 1.165) is 0 Å². The van der Waals surface area contributed by atoms with Crippen molar-refractivity contribution in [2.75, 3.05) is 12.3 Å². The molecule has 0 aliphatic carbocycles. The second kappa shape index (κ2) is 6.04. The molecule has 0 unspecified atom stereocenters. The molecule has 0 fully saturated rings. The third-order valence-corrected chi connectivity index (χ3v) is 2.79. The van der Waals surface area contributed by atoms with Gasteiger partial charge >= 0.3 is 12.1 Å². The van der Waals surface area contributed by atoms with Gasteiger partial charge in [0.2, 0.25) is 10.0 Å². The molecule has 9 heteroatoms. The molecule has 0 aliphatic heterocycles. The minimum absolute atomic E-state index is 0.0123. The number of alkyl halides is 3. The molecule has 5 nitrogen and oxygen atoms in total. The van der Waals surface area contributed by atoms with Gasteiger partial charge in [-0.05, 0) is 12.8 Å². The molecule has 0 atom stereocenters. The molecule has 0 spiro atoms. The quantitative estimate of drug-likeness (QED) is 0.663. The summed E-state index contributed by atoms with van der Waals surface area (Å²) in [5.41, 5.74) is 0. The zero-order valence-electron chi connectivity index (χ0n) is 8.25. The van der Waals surface area contributed by atoms with E-state index >= 15 is 0 Å². The normalized spacial score (nSPS) is 12.7. The van der Waals surface area contributed by atoms with E-state index in [9.17, 15) is 26.4 Å². The van der Waals surface area contributed by atoms with Gasteiger partial charge in [-0.2, -0.15) is 13.2 Å². The number of halogens is 3. The van der Waals surface area contributed by atoms with E-state index in [1.807, 2.05) is 4.72 Å². The number of carbonyl (C=O) groups is 1. The lowest BCUT2D eigenvalue weighted by atomic mass is 10.2. The molecule has 0 bridgehead atoms. The predicted molar refractivity (Wildman–Crippen MR) is 49.3 cm³/mol. The highest BCUT2D eigenvalue weighted by molar-refractivity contribution is 7.90. The number of aliphatic carboxylic acids is 1. The Balaban J connectivity index is 3.71. The summed E-state index contributed by atoms with van der Waals surface area (Å²) >= 11 is 0. The van der Waals surface area contributed by atoms with Crippen molar-refractivity contribution in [1.29, 1.82) is 0 Å². The molecule has 0 heterocycles. The lowest BCUT2D eigenvalue weighted by Crippen LogP contribution is -2.30. The Kier molecular flexibility index (Phi) is 5.73. The molecule has 0 aromatic carbocycles. The number of sulfonamides is 1. The van der Waals surface area contributed by atoms with Crippen molar-refractivity contribution in [3.05, 3.63) is 0 Å². The van der Waals surface area contributed by atoms with Crippen molar-refractivity contribution in [2.45, 2.75) is 25.4 Å². The van der Waals surface area contributed by atoms with Gasteiger partial charge in [0.1, 0.15) is 0 Å². The number of hydrogen-bond donors (Lipinski definition) is 2. The van der Waals surface area contributed by atoms with Crippen LogP contribution >= 0.6 is 0 Å². The van der Waals surface area contributed by atoms with Gasteiger partial charge in [-0.15, -0.1) is 0 Å². The number of hydrogen-bond acceptors (Lipinski definition) is 3. The average Bonchev–Trinajstić information content (AvgIpc) is 1.98. The van der Waals surface area contributed by atoms with E-state index in [-0.39, 0.29) is 19.4 Å². The molecule has 0 amide bonds. The standard InChI is InChI=1S/C7H12F3NO4S/c8-7(9,10)3-1-2-4-11-16(14,15)5-6(12)13/h11H,1-5H2,(H,12,13). The van der Waals surface area contributed by atoms with Crippen LogP contribution in [0.4, 0.5) is 13.2 Å². The fourth-order valence-electron chi connectivity index (χ4n) is 0.892. The zero-order chi connectivity index (χ0) is 12.8. The maximum atomic E-state index is 11.7. The van der Waals surface area contributed by atoms with Gasteiger partial charge in [-0.3, -0.25) is 4.79 Å².